The number of aryl methyl sites for hydroxylation is 1. The van der Waals surface area contributed by atoms with Crippen LogP contribution in [-0.4, -0.2) is 32.1 Å². The minimum absolute atomic E-state index is 0. The molecule has 1 aliphatic heterocycles. The van der Waals surface area contributed by atoms with E-state index in [2.05, 4.69) is 15.0 Å². The predicted octanol–water partition coefficient (Wildman–Crippen LogP) is 4.53. The van der Waals surface area contributed by atoms with Gasteiger partial charge in [-0.25, -0.2) is 4.99 Å². The smallest absolute Gasteiger partial charge is 0.493 e. The summed E-state index contributed by atoms with van der Waals surface area (Å²) in [5, 5.41) is 3.05. The molecular weight excluding hydrogens is 538 g/mol. The van der Waals surface area contributed by atoms with Crippen molar-refractivity contribution in [2.24, 2.45) is 16.6 Å². The summed E-state index contributed by atoms with van der Waals surface area (Å²) in [6, 6.07) is 11.5. The Morgan fingerprint density at radius 2 is 1.97 bits per heavy atom. The normalized spacial score (nSPS) is 16.4. The molecule has 32 heavy (non-hydrogen) atoms. The number of halogens is 4. The van der Waals surface area contributed by atoms with Crippen LogP contribution in [0, 0.1) is 12.8 Å². The molecule has 1 heterocycles. The van der Waals surface area contributed by atoms with Gasteiger partial charge in [-0.15, -0.1) is 37.1 Å². The first-order chi connectivity index (χ1) is 14.8. The molecule has 0 aliphatic carbocycles. The zero-order chi connectivity index (χ0) is 22.3. The van der Waals surface area contributed by atoms with E-state index in [1.165, 1.54) is 24.3 Å². The predicted molar refractivity (Wildman–Crippen MR) is 126 cm³/mol. The quantitative estimate of drug-likeness (QED) is 0.280. The average Bonchev–Trinajstić information content (AvgIpc) is 3.23. The summed E-state index contributed by atoms with van der Waals surface area (Å²) >= 11 is 0. The van der Waals surface area contributed by atoms with Gasteiger partial charge in [-0.2, -0.15) is 0 Å². The Hall–Kier alpha value is -2.21. The number of ether oxygens (including phenoxy) is 3. The Morgan fingerprint density at radius 1 is 1.22 bits per heavy atom. The lowest BCUT2D eigenvalue weighted by molar-refractivity contribution is -0.274. The third-order valence-electron chi connectivity index (χ3n) is 4.77. The molecule has 2 aromatic carbocycles. The maximum atomic E-state index is 12.2. The van der Waals surface area contributed by atoms with Gasteiger partial charge in [0.05, 0.1) is 19.8 Å². The van der Waals surface area contributed by atoms with Crippen molar-refractivity contribution >= 4 is 29.9 Å². The van der Waals surface area contributed by atoms with Crippen LogP contribution in [0.4, 0.5) is 13.2 Å². The summed E-state index contributed by atoms with van der Waals surface area (Å²) in [4.78, 5) is 4.23. The second-order valence-corrected chi connectivity index (χ2v) is 7.40. The van der Waals surface area contributed by atoms with Crippen LogP contribution < -0.4 is 20.5 Å². The monoisotopic (exact) mass is 565 g/mol. The van der Waals surface area contributed by atoms with Crippen LogP contribution in [0.1, 0.15) is 23.1 Å². The number of hydrogen-bond donors (Lipinski definition) is 2. The van der Waals surface area contributed by atoms with E-state index in [9.17, 15) is 13.2 Å². The standard InChI is InChI=1S/C22H26F3N3O3.HI/c1-15-2-5-18(20(10-15)30-14-17-8-9-29-13-17)12-28-21(26)27-11-16-3-6-19(7-4-16)31-22(23,24)25;/h2-7,10,17H,8-9,11-14H2,1H3,(H3,26,27,28);1H. The number of nitrogens with zero attached hydrogens (tertiary/aromatic N) is 1. The molecule has 176 valence electrons. The van der Waals surface area contributed by atoms with Crippen molar-refractivity contribution in [3.05, 3.63) is 59.2 Å². The van der Waals surface area contributed by atoms with Gasteiger partial charge in [-0.1, -0.05) is 24.3 Å². The van der Waals surface area contributed by atoms with Gasteiger partial charge < -0.3 is 25.3 Å². The molecule has 3 rings (SSSR count). The lowest BCUT2D eigenvalue weighted by atomic mass is 10.1. The van der Waals surface area contributed by atoms with E-state index in [4.69, 9.17) is 15.2 Å². The average molecular weight is 565 g/mol. The van der Waals surface area contributed by atoms with Crippen molar-refractivity contribution in [3.63, 3.8) is 0 Å². The molecule has 2 aromatic rings. The molecule has 0 aromatic heterocycles. The van der Waals surface area contributed by atoms with Gasteiger partial charge in [-0.3, -0.25) is 0 Å². The van der Waals surface area contributed by atoms with Crippen molar-refractivity contribution in [1.82, 2.24) is 5.32 Å². The van der Waals surface area contributed by atoms with Crippen LogP contribution in [0.25, 0.3) is 0 Å². The van der Waals surface area contributed by atoms with Gasteiger partial charge in [0.15, 0.2) is 5.96 Å². The first kappa shape index (κ1) is 26.0. The molecule has 6 nitrogen and oxygen atoms in total. The first-order valence-electron chi connectivity index (χ1n) is 9.97. The zero-order valence-corrected chi connectivity index (χ0v) is 20.0. The van der Waals surface area contributed by atoms with Crippen LogP contribution in [-0.2, 0) is 17.8 Å². The lowest BCUT2D eigenvalue weighted by Crippen LogP contribution is -2.31. The van der Waals surface area contributed by atoms with E-state index in [1.54, 1.807) is 0 Å². The Bertz CT molecular complexity index is 886. The van der Waals surface area contributed by atoms with Gasteiger partial charge in [0.25, 0.3) is 0 Å². The highest BCUT2D eigenvalue weighted by Crippen LogP contribution is 2.24. The fourth-order valence-corrected chi connectivity index (χ4v) is 3.08. The Labute approximate surface area is 202 Å². The summed E-state index contributed by atoms with van der Waals surface area (Å²) in [7, 11) is 0. The van der Waals surface area contributed by atoms with E-state index in [-0.39, 0.29) is 42.2 Å². The molecule has 3 N–H and O–H groups in total. The Morgan fingerprint density at radius 3 is 2.62 bits per heavy atom. The number of guanidine groups is 1. The van der Waals surface area contributed by atoms with Gasteiger partial charge in [0, 0.05) is 24.6 Å². The van der Waals surface area contributed by atoms with Crippen LogP contribution in [0.5, 0.6) is 11.5 Å². The van der Waals surface area contributed by atoms with E-state index in [0.717, 1.165) is 36.5 Å². The van der Waals surface area contributed by atoms with E-state index in [1.807, 2.05) is 25.1 Å². The number of alkyl halides is 3. The van der Waals surface area contributed by atoms with Gasteiger partial charge in [0.1, 0.15) is 11.5 Å². The summed E-state index contributed by atoms with van der Waals surface area (Å²) in [6.45, 7) is 4.77. The van der Waals surface area contributed by atoms with Gasteiger partial charge in [0.2, 0.25) is 0 Å². The molecule has 0 spiro atoms. The number of aliphatic imine (C=N–C) groups is 1. The number of nitrogens with two attached hydrogens (primary N) is 1. The molecular formula is C22H27F3IN3O3. The molecule has 0 amide bonds. The third kappa shape index (κ3) is 8.73. The molecule has 1 fully saturated rings. The van der Waals surface area contributed by atoms with E-state index in [0.29, 0.717) is 24.6 Å². The third-order valence-corrected chi connectivity index (χ3v) is 4.77. The second kappa shape index (κ2) is 12.1. The molecule has 1 saturated heterocycles. The highest BCUT2D eigenvalue weighted by atomic mass is 127. The van der Waals surface area contributed by atoms with Crippen LogP contribution in [0.3, 0.4) is 0 Å². The van der Waals surface area contributed by atoms with E-state index < -0.39 is 6.36 Å². The SMILES string of the molecule is Cc1ccc(CNC(N)=NCc2ccc(OC(F)(F)F)cc2)c(OCC2CCOC2)c1.I. The number of benzene rings is 2. The maximum absolute atomic E-state index is 12.2. The minimum atomic E-state index is -4.71. The Balaban J connectivity index is 0.00000363. The summed E-state index contributed by atoms with van der Waals surface area (Å²) in [5.74, 6) is 1.15. The number of nitrogens with one attached hydrogen (secondary N) is 1. The largest absolute Gasteiger partial charge is 0.573 e. The summed E-state index contributed by atoms with van der Waals surface area (Å²) in [5.41, 5.74) is 8.70. The van der Waals surface area contributed by atoms with Crippen molar-refractivity contribution in [1.29, 1.82) is 0 Å². The summed E-state index contributed by atoms with van der Waals surface area (Å²) in [6.07, 6.45) is -3.71. The molecule has 1 aliphatic rings. The highest BCUT2D eigenvalue weighted by Gasteiger charge is 2.30. The van der Waals surface area contributed by atoms with Gasteiger partial charge >= 0.3 is 6.36 Å². The fourth-order valence-electron chi connectivity index (χ4n) is 3.08. The van der Waals surface area contributed by atoms with Crippen LogP contribution in [0.15, 0.2) is 47.5 Å². The highest BCUT2D eigenvalue weighted by molar-refractivity contribution is 14.0. The maximum Gasteiger partial charge on any atom is 0.573 e. The van der Waals surface area contributed by atoms with Crippen molar-refractivity contribution in [2.75, 3.05) is 19.8 Å². The van der Waals surface area contributed by atoms with Crippen LogP contribution in [0.2, 0.25) is 0 Å². The molecule has 0 saturated carbocycles. The second-order valence-electron chi connectivity index (χ2n) is 7.40. The molecule has 0 bridgehead atoms. The topological polar surface area (TPSA) is 78.1 Å². The van der Waals surface area contributed by atoms with Crippen molar-refractivity contribution < 1.29 is 27.4 Å². The fraction of sp³-hybridized carbons (Fsp3) is 0.409. The zero-order valence-electron chi connectivity index (χ0n) is 17.7. The summed E-state index contributed by atoms with van der Waals surface area (Å²) < 4.78 is 51.9. The first-order valence-corrected chi connectivity index (χ1v) is 9.97. The van der Waals surface area contributed by atoms with Gasteiger partial charge in [-0.05, 0) is 42.7 Å². The van der Waals surface area contributed by atoms with Crippen molar-refractivity contribution in [2.45, 2.75) is 32.8 Å². The lowest BCUT2D eigenvalue weighted by Gasteiger charge is -2.15. The minimum Gasteiger partial charge on any atom is -0.493 e. The van der Waals surface area contributed by atoms with E-state index >= 15 is 0 Å². The number of hydrogen-bond acceptors (Lipinski definition) is 4. The number of rotatable bonds is 8. The molecule has 1 unspecified atom stereocenters. The molecule has 0 radical (unpaired) electrons. The molecule has 1 atom stereocenters. The molecule has 10 heteroatoms. The van der Waals surface area contributed by atoms with Crippen LogP contribution >= 0.6 is 24.0 Å². The Kier molecular flexibility index (Phi) is 9.88. The van der Waals surface area contributed by atoms with Crippen molar-refractivity contribution in [3.8, 4) is 11.5 Å².